The molecule has 0 fully saturated rings. The largest absolute Gasteiger partial charge is 0.465 e. The first-order valence-electron chi connectivity index (χ1n) is 5.74. The molecule has 128 valence electrons. The van der Waals surface area contributed by atoms with Crippen LogP contribution in [0.1, 0.15) is 44.1 Å². The van der Waals surface area contributed by atoms with Crippen molar-refractivity contribution in [1.82, 2.24) is 4.98 Å². The summed E-state index contributed by atoms with van der Waals surface area (Å²) in [5.74, 6) is -2.81. The van der Waals surface area contributed by atoms with Gasteiger partial charge in [-0.25, -0.2) is 23.4 Å². The molecule has 0 radical (unpaired) electrons. The van der Waals surface area contributed by atoms with Crippen LogP contribution in [0, 0.1) is 0 Å². The summed E-state index contributed by atoms with van der Waals surface area (Å²) >= 11 is 2.78. The van der Waals surface area contributed by atoms with Gasteiger partial charge in [0.15, 0.2) is 5.69 Å². The van der Waals surface area contributed by atoms with E-state index >= 15 is 0 Å². The monoisotopic (exact) mass is 405 g/mol. The Bertz CT molecular complexity index is 633. The minimum atomic E-state index is -5.21. The molecule has 0 amide bonds. The van der Waals surface area contributed by atoms with Gasteiger partial charge in [0.2, 0.25) is 0 Å². The van der Waals surface area contributed by atoms with E-state index < -0.39 is 57.9 Å². The number of ether oxygens (including phenoxy) is 2. The van der Waals surface area contributed by atoms with Gasteiger partial charge in [-0.15, -0.1) is 0 Å². The number of pyridine rings is 1. The topological polar surface area (TPSA) is 65.5 Å². The molecule has 0 N–H and O–H groups in total. The molecule has 0 bridgehead atoms. The van der Waals surface area contributed by atoms with Crippen molar-refractivity contribution in [2.45, 2.75) is 17.9 Å². The summed E-state index contributed by atoms with van der Waals surface area (Å²) in [6.07, 6.45) is -8.70. The van der Waals surface area contributed by atoms with Crippen LogP contribution in [-0.4, -0.2) is 31.1 Å². The molecule has 0 spiro atoms. The number of carbonyl (C=O) groups excluding carboxylic acids is 2. The standard InChI is InChI=1S/C12H9BrF5NO4/c1-22-10(20)5-4(3-13)6(11(21)23-2)8(12(16,17)18)19-7(5)9(14)15/h9H,3H2,1-2H3. The highest BCUT2D eigenvalue weighted by Crippen LogP contribution is 2.37. The molecule has 5 nitrogen and oxygen atoms in total. The third kappa shape index (κ3) is 3.77. The number of hydrogen-bond donors (Lipinski definition) is 0. The number of methoxy groups -OCH3 is 2. The average molecular weight is 406 g/mol. The summed E-state index contributed by atoms with van der Waals surface area (Å²) in [6.45, 7) is 0. The fourth-order valence-electron chi connectivity index (χ4n) is 1.80. The number of rotatable bonds is 4. The van der Waals surface area contributed by atoms with Crippen LogP contribution in [0.25, 0.3) is 0 Å². The van der Waals surface area contributed by atoms with Crippen LogP contribution >= 0.6 is 15.9 Å². The Kier molecular flexibility index (Phi) is 6.03. The fraction of sp³-hybridized carbons (Fsp3) is 0.417. The van der Waals surface area contributed by atoms with Gasteiger partial charge in [-0.1, -0.05) is 15.9 Å². The maximum absolute atomic E-state index is 13.1. The van der Waals surface area contributed by atoms with Crippen molar-refractivity contribution >= 4 is 27.9 Å². The molecule has 23 heavy (non-hydrogen) atoms. The predicted octanol–water partition coefficient (Wildman–Crippen LogP) is 3.51. The van der Waals surface area contributed by atoms with Gasteiger partial charge in [0.05, 0.1) is 25.3 Å². The lowest BCUT2D eigenvalue weighted by Gasteiger charge is -2.19. The number of carbonyl (C=O) groups is 2. The van der Waals surface area contributed by atoms with Gasteiger partial charge in [0, 0.05) is 5.33 Å². The highest BCUT2D eigenvalue weighted by atomic mass is 79.9. The second-order valence-corrected chi connectivity index (χ2v) is 4.55. The van der Waals surface area contributed by atoms with E-state index in [2.05, 4.69) is 30.4 Å². The third-order valence-electron chi connectivity index (χ3n) is 2.72. The second-order valence-electron chi connectivity index (χ2n) is 3.99. The van der Waals surface area contributed by atoms with Gasteiger partial charge in [0.1, 0.15) is 5.69 Å². The number of nitrogens with zero attached hydrogens (tertiary/aromatic N) is 1. The smallest absolute Gasteiger partial charge is 0.434 e. The van der Waals surface area contributed by atoms with Crippen LogP contribution in [-0.2, 0) is 21.0 Å². The Morgan fingerprint density at radius 1 is 1.13 bits per heavy atom. The highest BCUT2D eigenvalue weighted by Gasteiger charge is 2.42. The number of alkyl halides is 6. The second kappa shape index (κ2) is 7.20. The summed E-state index contributed by atoms with van der Waals surface area (Å²) in [7, 11) is 1.66. The summed E-state index contributed by atoms with van der Waals surface area (Å²) < 4.78 is 73.9. The molecule has 0 aliphatic carbocycles. The lowest BCUT2D eigenvalue weighted by molar-refractivity contribution is -0.142. The molecule has 1 rings (SSSR count). The predicted molar refractivity (Wildman–Crippen MR) is 69.5 cm³/mol. The summed E-state index contributed by atoms with van der Waals surface area (Å²) in [5, 5.41) is -0.507. The Morgan fingerprint density at radius 3 is 1.96 bits per heavy atom. The van der Waals surface area contributed by atoms with E-state index in [0.29, 0.717) is 0 Å². The zero-order valence-electron chi connectivity index (χ0n) is 11.6. The number of esters is 2. The third-order valence-corrected chi connectivity index (χ3v) is 3.28. The van der Waals surface area contributed by atoms with Gasteiger partial charge in [-0.2, -0.15) is 13.2 Å². The van der Waals surface area contributed by atoms with Crippen LogP contribution in [0.5, 0.6) is 0 Å². The van der Waals surface area contributed by atoms with Crippen molar-refractivity contribution in [3.8, 4) is 0 Å². The quantitative estimate of drug-likeness (QED) is 0.435. The maximum Gasteiger partial charge on any atom is 0.434 e. The van der Waals surface area contributed by atoms with Crippen LogP contribution in [0.2, 0.25) is 0 Å². The summed E-state index contributed by atoms with van der Waals surface area (Å²) in [6, 6.07) is 0. The number of hydrogen-bond acceptors (Lipinski definition) is 5. The van der Waals surface area contributed by atoms with Gasteiger partial charge in [-0.3, -0.25) is 0 Å². The van der Waals surface area contributed by atoms with Crippen molar-refractivity contribution in [1.29, 1.82) is 0 Å². The molecular formula is C12H9BrF5NO4. The Morgan fingerprint density at radius 2 is 1.61 bits per heavy atom. The molecule has 0 aromatic carbocycles. The number of aromatic nitrogens is 1. The molecule has 1 aromatic heterocycles. The first-order valence-corrected chi connectivity index (χ1v) is 6.86. The van der Waals surface area contributed by atoms with Gasteiger partial charge >= 0.3 is 18.1 Å². The minimum Gasteiger partial charge on any atom is -0.465 e. The van der Waals surface area contributed by atoms with Crippen LogP contribution in [0.3, 0.4) is 0 Å². The van der Waals surface area contributed by atoms with E-state index in [1.54, 1.807) is 0 Å². The Hall–Kier alpha value is -1.78. The van der Waals surface area contributed by atoms with Crippen molar-refractivity contribution in [2.24, 2.45) is 0 Å². The molecule has 0 atom stereocenters. The molecule has 0 unspecified atom stereocenters. The summed E-state index contributed by atoms with van der Waals surface area (Å²) in [5.41, 5.74) is -5.95. The van der Waals surface area contributed by atoms with Crippen LogP contribution in [0.15, 0.2) is 0 Å². The summed E-state index contributed by atoms with van der Waals surface area (Å²) in [4.78, 5) is 26.2. The van der Waals surface area contributed by atoms with E-state index in [1.165, 1.54) is 0 Å². The van der Waals surface area contributed by atoms with Crippen LogP contribution < -0.4 is 0 Å². The molecule has 0 aliphatic rings. The first kappa shape index (κ1) is 19.3. The normalized spacial score (nSPS) is 11.5. The van der Waals surface area contributed by atoms with Crippen molar-refractivity contribution in [3.05, 3.63) is 28.1 Å². The average Bonchev–Trinajstić information content (AvgIpc) is 2.49. The molecule has 0 saturated heterocycles. The SMILES string of the molecule is COC(=O)c1c(C(F)F)nc(C(F)(F)F)c(C(=O)OC)c1CBr. The Balaban J connectivity index is 3.99. The van der Waals surface area contributed by atoms with E-state index in [4.69, 9.17) is 0 Å². The molecule has 1 aromatic rings. The van der Waals surface area contributed by atoms with Crippen LogP contribution in [0.4, 0.5) is 22.0 Å². The zero-order valence-corrected chi connectivity index (χ0v) is 13.2. The lowest BCUT2D eigenvalue weighted by atomic mass is 9.98. The molecular weight excluding hydrogens is 397 g/mol. The maximum atomic E-state index is 13.1. The van der Waals surface area contributed by atoms with Gasteiger partial charge in [-0.05, 0) is 5.56 Å². The van der Waals surface area contributed by atoms with E-state index in [9.17, 15) is 31.5 Å². The highest BCUT2D eigenvalue weighted by molar-refractivity contribution is 9.08. The van der Waals surface area contributed by atoms with Crippen molar-refractivity contribution in [2.75, 3.05) is 14.2 Å². The van der Waals surface area contributed by atoms with Crippen molar-refractivity contribution < 1.29 is 41.0 Å². The number of halogens is 6. The Labute approximate surface area is 134 Å². The van der Waals surface area contributed by atoms with E-state index in [1.807, 2.05) is 0 Å². The fourth-order valence-corrected chi connectivity index (χ4v) is 2.36. The zero-order chi connectivity index (χ0) is 17.9. The van der Waals surface area contributed by atoms with E-state index in [0.717, 1.165) is 14.2 Å². The van der Waals surface area contributed by atoms with Gasteiger partial charge < -0.3 is 9.47 Å². The molecule has 0 aliphatic heterocycles. The minimum absolute atomic E-state index is 0.507. The van der Waals surface area contributed by atoms with E-state index in [-0.39, 0.29) is 0 Å². The molecule has 0 saturated carbocycles. The lowest BCUT2D eigenvalue weighted by Crippen LogP contribution is -2.24. The van der Waals surface area contributed by atoms with Crippen molar-refractivity contribution in [3.63, 3.8) is 0 Å². The van der Waals surface area contributed by atoms with Gasteiger partial charge in [0.25, 0.3) is 6.43 Å². The molecule has 1 heterocycles. The molecule has 11 heteroatoms. The first-order chi connectivity index (χ1) is 10.6.